The van der Waals surface area contributed by atoms with Gasteiger partial charge in [-0.05, 0) is 43.7 Å². The third kappa shape index (κ3) is 3.67. The zero-order valence-corrected chi connectivity index (χ0v) is 13.7. The number of thiophene rings is 1. The lowest BCUT2D eigenvalue weighted by molar-refractivity contribution is 0.175. The van der Waals surface area contributed by atoms with Crippen molar-refractivity contribution in [2.24, 2.45) is 5.73 Å². The molecule has 0 aliphatic rings. The number of rotatable bonds is 5. The van der Waals surface area contributed by atoms with Gasteiger partial charge in [0, 0.05) is 20.8 Å². The van der Waals surface area contributed by atoms with E-state index in [4.69, 9.17) is 33.7 Å². The molecule has 20 heavy (non-hydrogen) atoms. The fourth-order valence-electron chi connectivity index (χ4n) is 1.88. The molecule has 1 heterocycles. The van der Waals surface area contributed by atoms with Crippen LogP contribution < -0.4 is 10.5 Å². The number of ether oxygens (including phenoxy) is 1. The Balaban J connectivity index is 2.28. The van der Waals surface area contributed by atoms with E-state index in [2.05, 4.69) is 19.1 Å². The van der Waals surface area contributed by atoms with Gasteiger partial charge in [-0.15, -0.1) is 11.3 Å². The number of halogens is 2. The van der Waals surface area contributed by atoms with E-state index in [0.29, 0.717) is 15.8 Å². The first kappa shape index (κ1) is 15.6. The van der Waals surface area contributed by atoms with Crippen LogP contribution in [-0.2, 0) is 0 Å². The van der Waals surface area contributed by atoms with Crippen molar-refractivity contribution in [1.82, 2.24) is 0 Å². The number of hydrogen-bond acceptors (Lipinski definition) is 3. The molecule has 0 fully saturated rings. The van der Waals surface area contributed by atoms with Crippen LogP contribution in [0.3, 0.4) is 0 Å². The molecule has 2 unspecified atom stereocenters. The topological polar surface area (TPSA) is 35.2 Å². The molecule has 1 aromatic heterocycles. The first-order valence-electron chi connectivity index (χ1n) is 6.45. The van der Waals surface area contributed by atoms with Crippen LogP contribution in [0.1, 0.15) is 29.2 Å². The van der Waals surface area contributed by atoms with Gasteiger partial charge in [0.15, 0.2) is 0 Å². The van der Waals surface area contributed by atoms with Crippen molar-refractivity contribution in [2.75, 3.05) is 0 Å². The SMILES string of the molecule is CCC(N)C(Oc1ccc(Cl)cc1Cl)c1ccc(C)s1. The number of aryl methyl sites for hydroxylation is 1. The molecule has 1 aromatic carbocycles. The zero-order valence-electron chi connectivity index (χ0n) is 11.4. The Labute approximate surface area is 133 Å². The highest BCUT2D eigenvalue weighted by molar-refractivity contribution is 7.12. The van der Waals surface area contributed by atoms with E-state index in [-0.39, 0.29) is 12.1 Å². The van der Waals surface area contributed by atoms with Gasteiger partial charge in [-0.2, -0.15) is 0 Å². The molecule has 0 bridgehead atoms. The van der Waals surface area contributed by atoms with Gasteiger partial charge in [0.05, 0.1) is 5.02 Å². The molecular formula is C15H17Cl2NOS. The minimum Gasteiger partial charge on any atom is -0.482 e. The second-order valence-electron chi connectivity index (χ2n) is 4.63. The largest absolute Gasteiger partial charge is 0.482 e. The molecule has 5 heteroatoms. The summed E-state index contributed by atoms with van der Waals surface area (Å²) in [5.74, 6) is 0.607. The Morgan fingerprint density at radius 1 is 1.25 bits per heavy atom. The van der Waals surface area contributed by atoms with Crippen LogP contribution in [0, 0.1) is 6.92 Å². The molecule has 2 N–H and O–H groups in total. The maximum Gasteiger partial charge on any atom is 0.148 e. The highest BCUT2D eigenvalue weighted by atomic mass is 35.5. The summed E-state index contributed by atoms with van der Waals surface area (Å²) >= 11 is 13.8. The van der Waals surface area contributed by atoms with Crippen LogP contribution in [0.2, 0.25) is 10.0 Å². The molecule has 0 saturated heterocycles. The van der Waals surface area contributed by atoms with Crippen molar-refractivity contribution >= 4 is 34.5 Å². The lowest BCUT2D eigenvalue weighted by atomic mass is 10.1. The van der Waals surface area contributed by atoms with E-state index in [9.17, 15) is 0 Å². The van der Waals surface area contributed by atoms with E-state index in [0.717, 1.165) is 11.3 Å². The minimum absolute atomic E-state index is 0.0835. The van der Waals surface area contributed by atoms with Crippen molar-refractivity contribution in [3.05, 3.63) is 50.1 Å². The maximum absolute atomic E-state index is 6.20. The summed E-state index contributed by atoms with van der Waals surface area (Å²) in [5, 5.41) is 1.09. The molecule has 2 rings (SSSR count). The standard InChI is InChI=1S/C15H17Cl2NOS/c1-3-12(18)15(14-7-4-9(2)20-14)19-13-6-5-10(16)8-11(13)17/h4-8,12,15H,3,18H2,1-2H3. The average molecular weight is 330 g/mol. The minimum atomic E-state index is -0.197. The molecule has 0 amide bonds. The van der Waals surface area contributed by atoms with Crippen LogP contribution in [0.4, 0.5) is 0 Å². The monoisotopic (exact) mass is 329 g/mol. The lowest BCUT2D eigenvalue weighted by Gasteiger charge is -2.24. The van der Waals surface area contributed by atoms with Gasteiger partial charge in [-0.25, -0.2) is 0 Å². The van der Waals surface area contributed by atoms with Gasteiger partial charge >= 0.3 is 0 Å². The van der Waals surface area contributed by atoms with Crippen molar-refractivity contribution in [1.29, 1.82) is 0 Å². The molecule has 0 saturated carbocycles. The van der Waals surface area contributed by atoms with Crippen LogP contribution in [-0.4, -0.2) is 6.04 Å². The third-order valence-corrected chi connectivity index (χ3v) is 4.64. The molecule has 2 atom stereocenters. The molecule has 0 aliphatic heterocycles. The summed E-state index contributed by atoms with van der Waals surface area (Å²) in [4.78, 5) is 2.35. The van der Waals surface area contributed by atoms with E-state index in [1.807, 2.05) is 6.92 Å². The molecule has 2 nitrogen and oxygen atoms in total. The Morgan fingerprint density at radius 2 is 2.00 bits per heavy atom. The van der Waals surface area contributed by atoms with Crippen molar-refractivity contribution in [2.45, 2.75) is 32.4 Å². The van der Waals surface area contributed by atoms with Gasteiger partial charge in [-0.3, -0.25) is 0 Å². The average Bonchev–Trinajstić information content (AvgIpc) is 2.83. The highest BCUT2D eigenvalue weighted by Gasteiger charge is 2.23. The summed E-state index contributed by atoms with van der Waals surface area (Å²) in [5.41, 5.74) is 6.20. The molecule has 0 aliphatic carbocycles. The number of nitrogens with two attached hydrogens (primary N) is 1. The second kappa shape index (κ2) is 6.81. The normalized spacial score (nSPS) is 14.1. The number of benzene rings is 1. The Kier molecular flexibility index (Phi) is 5.33. The van der Waals surface area contributed by atoms with Gasteiger partial charge in [0.1, 0.15) is 11.9 Å². The van der Waals surface area contributed by atoms with Gasteiger partial charge in [-0.1, -0.05) is 30.1 Å². The van der Waals surface area contributed by atoms with Crippen LogP contribution in [0.15, 0.2) is 30.3 Å². The fraction of sp³-hybridized carbons (Fsp3) is 0.333. The highest BCUT2D eigenvalue weighted by Crippen LogP contribution is 2.34. The number of hydrogen-bond donors (Lipinski definition) is 1. The van der Waals surface area contributed by atoms with E-state index in [1.54, 1.807) is 29.5 Å². The fourth-order valence-corrected chi connectivity index (χ4v) is 3.32. The van der Waals surface area contributed by atoms with Crippen molar-refractivity contribution in [3.63, 3.8) is 0 Å². The van der Waals surface area contributed by atoms with Crippen molar-refractivity contribution in [3.8, 4) is 5.75 Å². The first-order valence-corrected chi connectivity index (χ1v) is 8.02. The Morgan fingerprint density at radius 3 is 2.55 bits per heavy atom. The summed E-state index contributed by atoms with van der Waals surface area (Å²) in [6, 6.07) is 9.26. The van der Waals surface area contributed by atoms with E-state index < -0.39 is 0 Å². The quantitative estimate of drug-likeness (QED) is 0.815. The molecule has 2 aromatic rings. The Hall–Kier alpha value is -0.740. The van der Waals surface area contributed by atoms with E-state index >= 15 is 0 Å². The summed E-state index contributed by atoms with van der Waals surface area (Å²) in [6.07, 6.45) is 0.629. The molecule has 0 spiro atoms. The van der Waals surface area contributed by atoms with Crippen LogP contribution >= 0.6 is 34.5 Å². The second-order valence-corrected chi connectivity index (χ2v) is 6.80. The summed E-state index contributed by atoms with van der Waals surface area (Å²) in [7, 11) is 0. The summed E-state index contributed by atoms with van der Waals surface area (Å²) in [6.45, 7) is 4.11. The zero-order chi connectivity index (χ0) is 14.7. The molecular weight excluding hydrogens is 313 g/mol. The maximum atomic E-state index is 6.20. The molecule has 0 radical (unpaired) electrons. The molecule has 108 valence electrons. The first-order chi connectivity index (χ1) is 9.51. The predicted molar refractivity (Wildman–Crippen MR) is 87.2 cm³/mol. The Bertz CT molecular complexity index is 585. The smallest absolute Gasteiger partial charge is 0.148 e. The van der Waals surface area contributed by atoms with E-state index in [1.165, 1.54) is 4.88 Å². The third-order valence-electron chi connectivity index (χ3n) is 3.05. The van der Waals surface area contributed by atoms with Crippen molar-refractivity contribution < 1.29 is 4.74 Å². The van der Waals surface area contributed by atoms with Crippen LogP contribution in [0.5, 0.6) is 5.75 Å². The lowest BCUT2D eigenvalue weighted by Crippen LogP contribution is -2.31. The van der Waals surface area contributed by atoms with Gasteiger partial charge in [0.2, 0.25) is 0 Å². The van der Waals surface area contributed by atoms with Crippen LogP contribution in [0.25, 0.3) is 0 Å². The van der Waals surface area contributed by atoms with Gasteiger partial charge in [0.25, 0.3) is 0 Å². The summed E-state index contributed by atoms with van der Waals surface area (Å²) < 4.78 is 6.05. The predicted octanol–water partition coefficient (Wildman–Crippen LogP) is 5.22. The van der Waals surface area contributed by atoms with Gasteiger partial charge < -0.3 is 10.5 Å².